The highest BCUT2D eigenvalue weighted by Gasteiger charge is 1.94. The van der Waals surface area contributed by atoms with Crippen LogP contribution in [0.4, 0.5) is 0 Å². The van der Waals surface area contributed by atoms with Crippen LogP contribution in [0.2, 0.25) is 0 Å². The number of halogens is 1. The van der Waals surface area contributed by atoms with Gasteiger partial charge < -0.3 is 0 Å². The van der Waals surface area contributed by atoms with Gasteiger partial charge in [0.2, 0.25) is 5.24 Å². The van der Waals surface area contributed by atoms with Gasteiger partial charge in [0.25, 0.3) is 0 Å². The molecule has 0 N–H and O–H groups in total. The number of rotatable bonds is 19. The van der Waals surface area contributed by atoms with Crippen LogP contribution < -0.4 is 0 Å². The topological polar surface area (TPSA) is 17.1 Å². The van der Waals surface area contributed by atoms with Crippen LogP contribution in [0, 0.1) is 0 Å². The normalized spacial score (nSPS) is 11.4. The van der Waals surface area contributed by atoms with Gasteiger partial charge in [0.1, 0.15) is 0 Å². The van der Waals surface area contributed by atoms with E-state index >= 15 is 0 Å². The molecule has 0 atom stereocenters. The number of hydrogen-bond donors (Lipinski definition) is 0. The Balaban J connectivity index is 3.02. The van der Waals surface area contributed by atoms with E-state index in [-0.39, 0.29) is 5.24 Å². The van der Waals surface area contributed by atoms with Gasteiger partial charge in [-0.15, -0.1) is 0 Å². The van der Waals surface area contributed by atoms with Gasteiger partial charge in [-0.25, -0.2) is 0 Å². The van der Waals surface area contributed by atoms with Crippen molar-refractivity contribution < 1.29 is 4.79 Å². The summed E-state index contributed by atoms with van der Waals surface area (Å²) < 4.78 is 0. The van der Waals surface area contributed by atoms with Crippen molar-refractivity contribution in [3.05, 3.63) is 12.2 Å². The van der Waals surface area contributed by atoms with E-state index in [1.54, 1.807) is 0 Å². The zero-order chi connectivity index (χ0) is 17.7. The molecule has 0 aliphatic heterocycles. The third kappa shape index (κ3) is 21.7. The molecule has 0 heterocycles. The van der Waals surface area contributed by atoms with E-state index in [1.807, 2.05) is 6.08 Å². The van der Waals surface area contributed by atoms with Crippen molar-refractivity contribution in [1.82, 2.24) is 0 Å². The highest BCUT2D eigenvalue weighted by atomic mass is 35.5. The molecule has 142 valence electrons. The molecule has 0 saturated carbocycles. The van der Waals surface area contributed by atoms with Crippen molar-refractivity contribution >= 4 is 16.8 Å². The Morgan fingerprint density at radius 3 is 1.38 bits per heavy atom. The van der Waals surface area contributed by atoms with Crippen LogP contribution in [0.5, 0.6) is 0 Å². The van der Waals surface area contributed by atoms with Gasteiger partial charge in [0, 0.05) is 6.42 Å². The Bertz CT molecular complexity index is 286. The minimum absolute atomic E-state index is 0.266. The van der Waals surface area contributed by atoms with Gasteiger partial charge in [-0.2, -0.15) is 0 Å². The summed E-state index contributed by atoms with van der Waals surface area (Å²) in [4.78, 5) is 10.5. The molecule has 0 radical (unpaired) electrons. The van der Waals surface area contributed by atoms with Crippen LogP contribution in [-0.2, 0) is 4.79 Å². The molecule has 0 aliphatic rings. The zero-order valence-electron chi connectivity index (χ0n) is 16.2. The number of unbranched alkanes of at least 4 members (excludes halogenated alkanes) is 16. The van der Waals surface area contributed by atoms with Crippen molar-refractivity contribution in [1.29, 1.82) is 0 Å². The largest absolute Gasteiger partial charge is 0.281 e. The van der Waals surface area contributed by atoms with E-state index in [0.29, 0.717) is 6.42 Å². The summed E-state index contributed by atoms with van der Waals surface area (Å²) >= 11 is 5.27. The van der Waals surface area contributed by atoms with Gasteiger partial charge in [0.15, 0.2) is 0 Å². The first-order valence-electron chi connectivity index (χ1n) is 10.6. The summed E-state index contributed by atoms with van der Waals surface area (Å²) in [5.74, 6) is 0. The van der Waals surface area contributed by atoms with Crippen LogP contribution in [0.1, 0.15) is 122 Å². The fourth-order valence-corrected chi connectivity index (χ4v) is 3.19. The molecular formula is C22H41ClO. The molecule has 0 fully saturated rings. The standard InChI is InChI=1S/C22H41ClO/c1-2-3-4-5-6-7-8-9-10-11-12-13-14-15-16-17-18-19-20-21-22(23)24/h19-20H,2-18,21H2,1H3/b20-19-. The predicted molar refractivity (Wildman–Crippen MR) is 109 cm³/mol. The lowest BCUT2D eigenvalue weighted by Crippen LogP contribution is -1.83. The molecule has 0 saturated heterocycles. The molecule has 0 aromatic heterocycles. The molecule has 0 unspecified atom stereocenters. The molecule has 0 aromatic carbocycles. The second-order valence-corrected chi connectivity index (χ2v) is 7.54. The Morgan fingerprint density at radius 2 is 1.00 bits per heavy atom. The first kappa shape index (κ1) is 23.7. The molecule has 0 aromatic rings. The van der Waals surface area contributed by atoms with Crippen LogP contribution in [-0.4, -0.2) is 5.24 Å². The molecule has 24 heavy (non-hydrogen) atoms. The smallest absolute Gasteiger partial charge is 0.225 e. The SMILES string of the molecule is CCCCCCCCCCCCCCCCCC/C=C\CC(=O)Cl. The number of allylic oxidation sites excluding steroid dienone is 2. The maximum Gasteiger partial charge on any atom is 0.225 e. The average Bonchev–Trinajstić information content (AvgIpc) is 2.56. The lowest BCUT2D eigenvalue weighted by atomic mass is 10.0. The van der Waals surface area contributed by atoms with Crippen molar-refractivity contribution in [2.45, 2.75) is 122 Å². The highest BCUT2D eigenvalue weighted by molar-refractivity contribution is 6.63. The van der Waals surface area contributed by atoms with Gasteiger partial charge in [-0.1, -0.05) is 115 Å². The summed E-state index contributed by atoms with van der Waals surface area (Å²) in [6.07, 6.45) is 28.0. The molecule has 1 nitrogen and oxygen atoms in total. The molecular weight excluding hydrogens is 316 g/mol. The summed E-state index contributed by atoms with van der Waals surface area (Å²) in [5.41, 5.74) is 0. The molecule has 0 aliphatic carbocycles. The molecule has 2 heteroatoms. The monoisotopic (exact) mass is 356 g/mol. The van der Waals surface area contributed by atoms with Crippen LogP contribution >= 0.6 is 11.6 Å². The fourth-order valence-electron chi connectivity index (χ4n) is 3.10. The summed E-state index contributed by atoms with van der Waals surface area (Å²) in [6, 6.07) is 0. The van der Waals surface area contributed by atoms with E-state index in [4.69, 9.17) is 11.6 Å². The second-order valence-electron chi connectivity index (χ2n) is 7.12. The van der Waals surface area contributed by atoms with E-state index in [2.05, 4.69) is 13.0 Å². The fraction of sp³-hybridized carbons (Fsp3) is 0.864. The zero-order valence-corrected chi connectivity index (χ0v) is 16.9. The van der Waals surface area contributed by atoms with Gasteiger partial charge in [-0.05, 0) is 24.4 Å². The maximum atomic E-state index is 10.5. The minimum Gasteiger partial charge on any atom is -0.281 e. The number of carbonyl (C=O) groups is 1. The summed E-state index contributed by atoms with van der Waals surface area (Å²) in [6.45, 7) is 2.28. The second kappa shape index (κ2) is 20.7. The maximum absolute atomic E-state index is 10.5. The first-order valence-corrected chi connectivity index (χ1v) is 11.0. The lowest BCUT2D eigenvalue weighted by molar-refractivity contribution is -0.110. The van der Waals surface area contributed by atoms with Gasteiger partial charge in [0.05, 0.1) is 0 Å². The van der Waals surface area contributed by atoms with Crippen molar-refractivity contribution in [3.8, 4) is 0 Å². The molecule has 0 amide bonds. The summed E-state index contributed by atoms with van der Waals surface area (Å²) in [7, 11) is 0. The van der Waals surface area contributed by atoms with Crippen LogP contribution in [0.3, 0.4) is 0 Å². The van der Waals surface area contributed by atoms with E-state index in [0.717, 1.165) is 6.42 Å². The predicted octanol–water partition coefficient (Wildman–Crippen LogP) is 8.35. The third-order valence-electron chi connectivity index (χ3n) is 4.67. The van der Waals surface area contributed by atoms with Gasteiger partial charge >= 0.3 is 0 Å². The summed E-state index contributed by atoms with van der Waals surface area (Å²) in [5, 5.41) is -0.266. The van der Waals surface area contributed by atoms with E-state index in [9.17, 15) is 4.79 Å². The van der Waals surface area contributed by atoms with Crippen molar-refractivity contribution in [2.75, 3.05) is 0 Å². The van der Waals surface area contributed by atoms with Crippen LogP contribution in [0.25, 0.3) is 0 Å². The molecule has 0 bridgehead atoms. The van der Waals surface area contributed by atoms with Gasteiger partial charge in [-0.3, -0.25) is 4.79 Å². The Morgan fingerprint density at radius 1 is 0.625 bits per heavy atom. The first-order chi connectivity index (χ1) is 11.8. The highest BCUT2D eigenvalue weighted by Crippen LogP contribution is 2.14. The Kier molecular flexibility index (Phi) is 20.5. The van der Waals surface area contributed by atoms with E-state index < -0.39 is 0 Å². The third-order valence-corrected chi connectivity index (χ3v) is 4.82. The number of carbonyl (C=O) groups excluding carboxylic acids is 1. The molecule has 0 spiro atoms. The Hall–Kier alpha value is -0.300. The van der Waals surface area contributed by atoms with Crippen LogP contribution in [0.15, 0.2) is 12.2 Å². The Labute approximate surface area is 156 Å². The number of hydrogen-bond acceptors (Lipinski definition) is 1. The van der Waals surface area contributed by atoms with Crippen molar-refractivity contribution in [3.63, 3.8) is 0 Å². The quantitative estimate of drug-likeness (QED) is 0.129. The van der Waals surface area contributed by atoms with Crippen molar-refractivity contribution in [2.24, 2.45) is 0 Å². The average molecular weight is 357 g/mol. The lowest BCUT2D eigenvalue weighted by Gasteiger charge is -2.03. The minimum atomic E-state index is -0.266. The van der Waals surface area contributed by atoms with E-state index in [1.165, 1.54) is 103 Å². The molecule has 0 rings (SSSR count).